The predicted molar refractivity (Wildman–Crippen MR) is 61.3 cm³/mol. The van der Waals surface area contributed by atoms with Crippen molar-refractivity contribution < 1.29 is 14.3 Å². The predicted octanol–water partition coefficient (Wildman–Crippen LogP) is 0.374. The van der Waals surface area contributed by atoms with Gasteiger partial charge in [-0.2, -0.15) is 0 Å². The fourth-order valence-corrected chi connectivity index (χ4v) is 2.08. The van der Waals surface area contributed by atoms with Crippen LogP contribution in [0.3, 0.4) is 0 Å². The fraction of sp³-hybridized carbons (Fsp3) is 0.455. The number of esters is 1. The van der Waals surface area contributed by atoms with Gasteiger partial charge in [0, 0.05) is 18.4 Å². The van der Waals surface area contributed by atoms with E-state index in [0.717, 1.165) is 6.42 Å². The van der Waals surface area contributed by atoms with Crippen molar-refractivity contribution in [3.05, 3.63) is 18.0 Å². The van der Waals surface area contributed by atoms with Crippen molar-refractivity contribution in [1.29, 1.82) is 0 Å². The third-order valence-electron chi connectivity index (χ3n) is 2.92. The van der Waals surface area contributed by atoms with Gasteiger partial charge in [0.1, 0.15) is 11.7 Å². The first kappa shape index (κ1) is 11.5. The number of likely N-dealkylation sites (tertiary alicyclic amines) is 1. The summed E-state index contributed by atoms with van der Waals surface area (Å²) < 4.78 is 4.69. The van der Waals surface area contributed by atoms with Crippen molar-refractivity contribution in [3.8, 4) is 0 Å². The number of ether oxygens (including phenoxy) is 1. The Bertz CT molecular complexity index is 441. The minimum atomic E-state index is -0.475. The summed E-state index contributed by atoms with van der Waals surface area (Å²) in [6.07, 6.45) is 3.01. The van der Waals surface area contributed by atoms with E-state index in [4.69, 9.17) is 5.73 Å². The van der Waals surface area contributed by atoms with E-state index in [9.17, 15) is 9.59 Å². The van der Waals surface area contributed by atoms with E-state index < -0.39 is 6.04 Å². The molecule has 92 valence electrons. The molecule has 1 saturated heterocycles. The number of nitrogens with two attached hydrogens (primary N) is 1. The number of hydrogen-bond donors (Lipinski definition) is 2. The number of methoxy groups -OCH3 is 1. The Hall–Kier alpha value is -1.98. The third-order valence-corrected chi connectivity index (χ3v) is 2.92. The molecule has 2 rings (SSSR count). The Morgan fingerprint density at radius 2 is 2.35 bits per heavy atom. The summed E-state index contributed by atoms with van der Waals surface area (Å²) in [6.45, 7) is 0.567. The molecule has 0 spiro atoms. The number of carbonyl (C=O) groups is 2. The Balaban J connectivity index is 2.16. The van der Waals surface area contributed by atoms with Crippen LogP contribution in [0.5, 0.6) is 0 Å². The number of nitrogen functional groups attached to an aromatic ring is 1. The zero-order valence-electron chi connectivity index (χ0n) is 9.60. The van der Waals surface area contributed by atoms with Gasteiger partial charge >= 0.3 is 5.97 Å². The molecule has 2 heterocycles. The lowest BCUT2D eigenvalue weighted by molar-refractivity contribution is -0.145. The van der Waals surface area contributed by atoms with Crippen molar-refractivity contribution >= 4 is 17.6 Å². The molecule has 6 nitrogen and oxygen atoms in total. The van der Waals surface area contributed by atoms with Crippen LogP contribution in [0.15, 0.2) is 12.3 Å². The molecule has 1 aromatic rings. The smallest absolute Gasteiger partial charge is 0.328 e. The number of amides is 1. The molecule has 1 amide bonds. The van der Waals surface area contributed by atoms with E-state index >= 15 is 0 Å². The molecule has 1 fully saturated rings. The van der Waals surface area contributed by atoms with Crippen LogP contribution >= 0.6 is 0 Å². The molecule has 3 N–H and O–H groups in total. The van der Waals surface area contributed by atoms with Crippen molar-refractivity contribution in [2.24, 2.45) is 0 Å². The Kier molecular flexibility index (Phi) is 3.03. The minimum absolute atomic E-state index is 0.213. The van der Waals surface area contributed by atoms with E-state index in [1.165, 1.54) is 12.0 Å². The zero-order valence-corrected chi connectivity index (χ0v) is 9.60. The molecule has 1 atom stereocenters. The van der Waals surface area contributed by atoms with Crippen LogP contribution in [0.25, 0.3) is 0 Å². The maximum atomic E-state index is 12.1. The highest BCUT2D eigenvalue weighted by atomic mass is 16.5. The van der Waals surface area contributed by atoms with Crippen molar-refractivity contribution in [3.63, 3.8) is 0 Å². The van der Waals surface area contributed by atoms with Gasteiger partial charge in [-0.3, -0.25) is 4.79 Å². The number of aromatic nitrogens is 1. The van der Waals surface area contributed by atoms with Crippen LogP contribution in [-0.4, -0.2) is 41.5 Å². The van der Waals surface area contributed by atoms with Gasteiger partial charge in [0.2, 0.25) is 0 Å². The summed E-state index contributed by atoms with van der Waals surface area (Å²) in [5.74, 6) is -0.579. The highest BCUT2D eigenvalue weighted by molar-refractivity contribution is 5.96. The normalized spacial score (nSPS) is 19.4. The molecule has 6 heteroatoms. The van der Waals surface area contributed by atoms with Gasteiger partial charge in [0.25, 0.3) is 5.91 Å². The number of anilines is 1. The molecule has 1 aliphatic rings. The highest BCUT2D eigenvalue weighted by Crippen LogP contribution is 2.21. The first-order chi connectivity index (χ1) is 8.13. The first-order valence-corrected chi connectivity index (χ1v) is 5.46. The average Bonchev–Trinajstić information content (AvgIpc) is 2.95. The number of nitrogens with zero attached hydrogens (tertiary/aromatic N) is 1. The molecule has 0 radical (unpaired) electrons. The number of hydrogen-bond acceptors (Lipinski definition) is 4. The lowest BCUT2D eigenvalue weighted by Gasteiger charge is -2.21. The van der Waals surface area contributed by atoms with Crippen LogP contribution in [0.4, 0.5) is 5.69 Å². The van der Waals surface area contributed by atoms with E-state index in [2.05, 4.69) is 9.72 Å². The molecule has 17 heavy (non-hydrogen) atoms. The van der Waals surface area contributed by atoms with Gasteiger partial charge in [-0.05, 0) is 18.9 Å². The number of carbonyl (C=O) groups excluding carboxylic acids is 2. The topological polar surface area (TPSA) is 88.4 Å². The molecular weight excluding hydrogens is 222 g/mol. The molecule has 0 saturated carbocycles. The van der Waals surface area contributed by atoms with Crippen molar-refractivity contribution in [1.82, 2.24) is 9.88 Å². The monoisotopic (exact) mass is 237 g/mol. The van der Waals surface area contributed by atoms with Gasteiger partial charge in [0.15, 0.2) is 0 Å². The molecule has 1 aliphatic heterocycles. The number of nitrogens with one attached hydrogen (secondary N) is 1. The van der Waals surface area contributed by atoms with E-state index in [0.29, 0.717) is 24.3 Å². The summed E-state index contributed by atoms with van der Waals surface area (Å²) in [4.78, 5) is 28.0. The second-order valence-corrected chi connectivity index (χ2v) is 4.03. The second kappa shape index (κ2) is 4.48. The minimum Gasteiger partial charge on any atom is -0.467 e. The second-order valence-electron chi connectivity index (χ2n) is 4.03. The van der Waals surface area contributed by atoms with Crippen LogP contribution < -0.4 is 5.73 Å². The average molecular weight is 237 g/mol. The molecule has 0 aliphatic carbocycles. The molecule has 0 aromatic carbocycles. The SMILES string of the molecule is COC(=O)C1CCCN1C(=O)c1cc(N)c[nH]1. The Morgan fingerprint density at radius 3 is 2.94 bits per heavy atom. The molecule has 0 bridgehead atoms. The summed E-state index contributed by atoms with van der Waals surface area (Å²) in [7, 11) is 1.33. The number of aromatic amines is 1. The van der Waals surface area contributed by atoms with Gasteiger partial charge in [-0.15, -0.1) is 0 Å². The van der Waals surface area contributed by atoms with Crippen LogP contribution in [0.2, 0.25) is 0 Å². The van der Waals surface area contributed by atoms with Gasteiger partial charge in [-0.1, -0.05) is 0 Å². The number of rotatable bonds is 2. The molecule has 1 unspecified atom stereocenters. The van der Waals surface area contributed by atoms with E-state index in [1.807, 2.05) is 0 Å². The fourth-order valence-electron chi connectivity index (χ4n) is 2.08. The van der Waals surface area contributed by atoms with Crippen molar-refractivity contribution in [2.45, 2.75) is 18.9 Å². The summed E-state index contributed by atoms with van der Waals surface area (Å²) in [5, 5.41) is 0. The Morgan fingerprint density at radius 1 is 1.59 bits per heavy atom. The Labute approximate surface area is 98.7 Å². The van der Waals surface area contributed by atoms with Gasteiger partial charge < -0.3 is 20.4 Å². The first-order valence-electron chi connectivity index (χ1n) is 5.46. The summed E-state index contributed by atoms with van der Waals surface area (Å²) in [5.41, 5.74) is 6.45. The van der Waals surface area contributed by atoms with Crippen LogP contribution in [0.1, 0.15) is 23.3 Å². The van der Waals surface area contributed by atoms with Gasteiger partial charge in [-0.25, -0.2) is 4.79 Å². The van der Waals surface area contributed by atoms with Crippen LogP contribution in [-0.2, 0) is 9.53 Å². The van der Waals surface area contributed by atoms with Crippen molar-refractivity contribution in [2.75, 3.05) is 19.4 Å². The maximum absolute atomic E-state index is 12.1. The zero-order chi connectivity index (χ0) is 12.4. The maximum Gasteiger partial charge on any atom is 0.328 e. The highest BCUT2D eigenvalue weighted by Gasteiger charge is 2.35. The van der Waals surface area contributed by atoms with E-state index in [1.54, 1.807) is 12.3 Å². The standard InChI is InChI=1S/C11H15N3O3/c1-17-11(16)9-3-2-4-14(9)10(15)8-5-7(12)6-13-8/h5-6,9,13H,2-4,12H2,1H3. The molecule has 1 aromatic heterocycles. The van der Waals surface area contributed by atoms with E-state index in [-0.39, 0.29) is 11.9 Å². The lowest BCUT2D eigenvalue weighted by Crippen LogP contribution is -2.41. The van der Waals surface area contributed by atoms with Gasteiger partial charge in [0.05, 0.1) is 7.11 Å². The van der Waals surface area contributed by atoms with Crippen LogP contribution in [0, 0.1) is 0 Å². The third kappa shape index (κ3) is 2.11. The molecular formula is C11H15N3O3. The lowest BCUT2D eigenvalue weighted by atomic mass is 10.2. The number of H-pyrrole nitrogens is 1. The summed E-state index contributed by atoms with van der Waals surface area (Å²) >= 11 is 0. The largest absolute Gasteiger partial charge is 0.467 e. The quantitative estimate of drug-likeness (QED) is 0.727. The summed E-state index contributed by atoms with van der Waals surface area (Å²) in [6, 6.07) is 1.09.